The molecule has 1 aromatic carbocycles. The Morgan fingerprint density at radius 1 is 1.41 bits per heavy atom. The van der Waals surface area contributed by atoms with Crippen LogP contribution in [0.3, 0.4) is 0 Å². The van der Waals surface area contributed by atoms with Gasteiger partial charge in [0.05, 0.1) is 23.3 Å². The predicted molar refractivity (Wildman–Crippen MR) is 83.2 cm³/mol. The fourth-order valence-electron chi connectivity index (χ4n) is 2.87. The highest BCUT2D eigenvalue weighted by atomic mass is 16.2. The Bertz CT molecular complexity index is 724. The van der Waals surface area contributed by atoms with Crippen LogP contribution in [0.15, 0.2) is 24.4 Å². The molecule has 2 heterocycles. The van der Waals surface area contributed by atoms with Crippen LogP contribution < -0.4 is 11.1 Å². The molecule has 116 valence electrons. The molecule has 0 radical (unpaired) electrons. The van der Waals surface area contributed by atoms with E-state index in [-0.39, 0.29) is 17.9 Å². The van der Waals surface area contributed by atoms with Gasteiger partial charge in [0.15, 0.2) is 0 Å². The maximum atomic E-state index is 12.4. The molecule has 0 spiro atoms. The standard InChI is InChI=1S/C15H19N5O2/c1-19-13-6-2-5-12(11(13)8-17-19)18-15(22)20-7-3-4-10(9-20)14(16)21/h2,5-6,8,10H,3-4,7,9H2,1H3,(H2,16,21)(H,18,22)/t10-/m0/s1. The van der Waals surface area contributed by atoms with Gasteiger partial charge in [-0.15, -0.1) is 0 Å². The van der Waals surface area contributed by atoms with Crippen molar-refractivity contribution >= 4 is 28.5 Å². The number of anilines is 1. The van der Waals surface area contributed by atoms with E-state index in [1.54, 1.807) is 15.8 Å². The van der Waals surface area contributed by atoms with Gasteiger partial charge < -0.3 is 16.0 Å². The molecule has 1 aliphatic rings. The summed E-state index contributed by atoms with van der Waals surface area (Å²) in [5, 5.41) is 8.00. The van der Waals surface area contributed by atoms with Crippen molar-refractivity contribution in [1.82, 2.24) is 14.7 Å². The summed E-state index contributed by atoms with van der Waals surface area (Å²) >= 11 is 0. The smallest absolute Gasteiger partial charge is 0.321 e. The molecule has 3 amide bonds. The fourth-order valence-corrected chi connectivity index (χ4v) is 2.87. The van der Waals surface area contributed by atoms with Crippen LogP contribution in [0, 0.1) is 5.92 Å². The lowest BCUT2D eigenvalue weighted by molar-refractivity contribution is -0.123. The SMILES string of the molecule is Cn1ncc2c(NC(=O)N3CCC[C@H](C(N)=O)C3)cccc21. The van der Waals surface area contributed by atoms with Crippen LogP contribution in [0.1, 0.15) is 12.8 Å². The zero-order valence-electron chi connectivity index (χ0n) is 12.5. The molecule has 1 saturated heterocycles. The summed E-state index contributed by atoms with van der Waals surface area (Å²) in [7, 11) is 1.86. The summed E-state index contributed by atoms with van der Waals surface area (Å²) in [4.78, 5) is 25.4. The molecule has 22 heavy (non-hydrogen) atoms. The zero-order valence-corrected chi connectivity index (χ0v) is 12.5. The lowest BCUT2D eigenvalue weighted by Crippen LogP contribution is -2.45. The Morgan fingerprint density at radius 3 is 3.00 bits per heavy atom. The third-order valence-corrected chi connectivity index (χ3v) is 4.14. The largest absolute Gasteiger partial charge is 0.369 e. The second-order valence-electron chi connectivity index (χ2n) is 5.62. The number of aryl methyl sites for hydroxylation is 1. The van der Waals surface area contributed by atoms with Gasteiger partial charge in [-0.1, -0.05) is 6.07 Å². The van der Waals surface area contributed by atoms with Crippen LogP contribution in [0.25, 0.3) is 10.9 Å². The number of aromatic nitrogens is 2. The Labute approximate surface area is 128 Å². The van der Waals surface area contributed by atoms with Crippen molar-refractivity contribution in [2.24, 2.45) is 18.7 Å². The van der Waals surface area contributed by atoms with Crippen molar-refractivity contribution in [2.45, 2.75) is 12.8 Å². The molecule has 0 bridgehead atoms. The first-order valence-electron chi connectivity index (χ1n) is 7.32. The average Bonchev–Trinajstić information content (AvgIpc) is 2.90. The molecular weight excluding hydrogens is 282 g/mol. The number of hydrogen-bond donors (Lipinski definition) is 2. The minimum atomic E-state index is -0.341. The van der Waals surface area contributed by atoms with Gasteiger partial charge in [-0.25, -0.2) is 4.79 Å². The van der Waals surface area contributed by atoms with Gasteiger partial charge in [-0.2, -0.15) is 5.10 Å². The quantitative estimate of drug-likeness (QED) is 0.875. The first kappa shape index (κ1) is 14.4. The van der Waals surface area contributed by atoms with Gasteiger partial charge in [-0.05, 0) is 25.0 Å². The third kappa shape index (κ3) is 2.61. The number of carbonyl (C=O) groups excluding carboxylic acids is 2. The lowest BCUT2D eigenvalue weighted by atomic mass is 9.98. The molecule has 0 unspecified atom stereocenters. The molecule has 7 heteroatoms. The van der Waals surface area contributed by atoms with Crippen molar-refractivity contribution in [3.8, 4) is 0 Å². The van der Waals surface area contributed by atoms with E-state index in [0.717, 1.165) is 29.4 Å². The first-order chi connectivity index (χ1) is 10.6. The van der Waals surface area contributed by atoms with E-state index in [1.807, 2.05) is 25.2 Å². The summed E-state index contributed by atoms with van der Waals surface area (Å²) in [5.74, 6) is -0.597. The Balaban J connectivity index is 1.77. The van der Waals surface area contributed by atoms with E-state index in [9.17, 15) is 9.59 Å². The number of likely N-dealkylation sites (tertiary alicyclic amines) is 1. The summed E-state index contributed by atoms with van der Waals surface area (Å²) in [6.07, 6.45) is 3.27. The molecule has 1 atom stereocenters. The molecule has 3 rings (SSSR count). The molecule has 7 nitrogen and oxygen atoms in total. The molecule has 1 fully saturated rings. The summed E-state index contributed by atoms with van der Waals surface area (Å²) in [6.45, 7) is 1.02. The summed E-state index contributed by atoms with van der Waals surface area (Å²) in [5.41, 5.74) is 7.02. The predicted octanol–water partition coefficient (Wildman–Crippen LogP) is 1.30. The van der Waals surface area contributed by atoms with Crippen molar-refractivity contribution in [3.05, 3.63) is 24.4 Å². The van der Waals surface area contributed by atoms with E-state index in [1.165, 1.54) is 0 Å². The second-order valence-corrected chi connectivity index (χ2v) is 5.62. The molecule has 1 aromatic heterocycles. The number of urea groups is 1. The maximum absolute atomic E-state index is 12.4. The van der Waals surface area contributed by atoms with E-state index in [2.05, 4.69) is 10.4 Å². The van der Waals surface area contributed by atoms with Gasteiger partial charge in [-0.3, -0.25) is 9.48 Å². The maximum Gasteiger partial charge on any atom is 0.321 e. The topological polar surface area (TPSA) is 93.2 Å². The fraction of sp³-hybridized carbons (Fsp3) is 0.400. The highest BCUT2D eigenvalue weighted by molar-refractivity contribution is 6.00. The molecule has 1 aliphatic heterocycles. The normalized spacial score (nSPS) is 18.4. The minimum Gasteiger partial charge on any atom is -0.369 e. The van der Waals surface area contributed by atoms with Crippen molar-refractivity contribution in [3.63, 3.8) is 0 Å². The number of fused-ring (bicyclic) bond motifs is 1. The van der Waals surface area contributed by atoms with Crippen LogP contribution in [0.2, 0.25) is 0 Å². The van der Waals surface area contributed by atoms with Gasteiger partial charge in [0, 0.05) is 25.5 Å². The van der Waals surface area contributed by atoms with Crippen molar-refractivity contribution < 1.29 is 9.59 Å². The van der Waals surface area contributed by atoms with Crippen LogP contribution in [-0.4, -0.2) is 39.7 Å². The van der Waals surface area contributed by atoms with E-state index in [0.29, 0.717) is 13.1 Å². The van der Waals surface area contributed by atoms with E-state index in [4.69, 9.17) is 5.73 Å². The van der Waals surface area contributed by atoms with E-state index < -0.39 is 0 Å². The summed E-state index contributed by atoms with van der Waals surface area (Å²) < 4.78 is 1.76. The Kier molecular flexibility index (Phi) is 3.70. The number of nitrogens with two attached hydrogens (primary N) is 1. The monoisotopic (exact) mass is 301 g/mol. The average molecular weight is 301 g/mol. The number of amides is 3. The number of piperidine rings is 1. The van der Waals surface area contributed by atoms with Gasteiger partial charge in [0.25, 0.3) is 0 Å². The Morgan fingerprint density at radius 2 is 2.23 bits per heavy atom. The van der Waals surface area contributed by atoms with Crippen LogP contribution in [0.5, 0.6) is 0 Å². The van der Waals surface area contributed by atoms with Crippen LogP contribution in [0.4, 0.5) is 10.5 Å². The lowest BCUT2D eigenvalue weighted by Gasteiger charge is -2.31. The van der Waals surface area contributed by atoms with Gasteiger partial charge in [0.2, 0.25) is 5.91 Å². The number of benzene rings is 1. The van der Waals surface area contributed by atoms with Gasteiger partial charge >= 0.3 is 6.03 Å². The molecular formula is C15H19N5O2. The summed E-state index contributed by atoms with van der Waals surface area (Å²) in [6, 6.07) is 5.46. The first-order valence-corrected chi connectivity index (χ1v) is 7.32. The zero-order chi connectivity index (χ0) is 15.7. The number of rotatable bonds is 2. The van der Waals surface area contributed by atoms with Gasteiger partial charge in [0.1, 0.15) is 0 Å². The number of nitrogens with one attached hydrogen (secondary N) is 1. The van der Waals surface area contributed by atoms with Crippen LogP contribution in [-0.2, 0) is 11.8 Å². The number of carbonyl (C=O) groups is 2. The number of primary amides is 1. The van der Waals surface area contributed by atoms with Crippen molar-refractivity contribution in [2.75, 3.05) is 18.4 Å². The second kappa shape index (κ2) is 5.67. The molecule has 0 saturated carbocycles. The minimum absolute atomic E-state index is 0.206. The van der Waals surface area contributed by atoms with Crippen LogP contribution >= 0.6 is 0 Å². The molecule has 0 aliphatic carbocycles. The highest BCUT2D eigenvalue weighted by Crippen LogP contribution is 2.24. The molecule has 3 N–H and O–H groups in total. The Hall–Kier alpha value is -2.57. The third-order valence-electron chi connectivity index (χ3n) is 4.14. The highest BCUT2D eigenvalue weighted by Gasteiger charge is 2.27. The number of hydrogen-bond acceptors (Lipinski definition) is 3. The van der Waals surface area contributed by atoms with Crippen molar-refractivity contribution in [1.29, 1.82) is 0 Å². The molecule has 2 aromatic rings. The number of nitrogens with zero attached hydrogens (tertiary/aromatic N) is 3. The van der Waals surface area contributed by atoms with E-state index >= 15 is 0 Å².